The highest BCUT2D eigenvalue weighted by Gasteiger charge is 2.13. The monoisotopic (exact) mass is 337 g/mol. The number of hydrogen-bond donors (Lipinski definition) is 1. The van der Waals surface area contributed by atoms with Crippen LogP contribution in [0.2, 0.25) is 0 Å². The van der Waals surface area contributed by atoms with Crippen molar-refractivity contribution in [1.29, 1.82) is 0 Å². The van der Waals surface area contributed by atoms with Crippen molar-refractivity contribution in [3.63, 3.8) is 0 Å². The molecule has 2 N–H and O–H groups in total. The Hall–Kier alpha value is -3.60. The number of aromatic nitrogens is 3. The molecule has 0 spiro atoms. The maximum Gasteiger partial charge on any atom is 0.104 e. The van der Waals surface area contributed by atoms with E-state index >= 15 is 0 Å². The lowest BCUT2D eigenvalue weighted by Gasteiger charge is -2.06. The molecule has 4 heterocycles. The van der Waals surface area contributed by atoms with Gasteiger partial charge < -0.3 is 5.73 Å². The summed E-state index contributed by atoms with van der Waals surface area (Å²) in [6.07, 6.45) is 6.17. The van der Waals surface area contributed by atoms with Crippen LogP contribution in [0.1, 0.15) is 5.56 Å². The standard InChI is InChI=1S/C21H15N5/c22-21-10-14-4-3-13(8-19(14)26-21)17-5-6-18-20(25-17)9-16(12-24-18)15-2-1-7-23-11-15/h1-9,11-12H,10H2,(H2,22,26). The van der Waals surface area contributed by atoms with Gasteiger partial charge in [-0.1, -0.05) is 18.2 Å². The summed E-state index contributed by atoms with van der Waals surface area (Å²) in [5.41, 5.74) is 13.6. The normalized spacial score (nSPS) is 12.8. The Kier molecular flexibility index (Phi) is 3.25. The fourth-order valence-corrected chi connectivity index (χ4v) is 3.22. The number of nitrogens with zero attached hydrogens (tertiary/aromatic N) is 4. The first-order chi connectivity index (χ1) is 12.8. The van der Waals surface area contributed by atoms with Crippen LogP contribution in [-0.2, 0) is 6.42 Å². The number of pyridine rings is 3. The van der Waals surface area contributed by atoms with Crippen molar-refractivity contribution >= 4 is 22.6 Å². The molecular formula is C21H15N5. The molecule has 1 aliphatic rings. The first-order valence-corrected chi connectivity index (χ1v) is 8.40. The van der Waals surface area contributed by atoms with Crippen LogP contribution in [0.15, 0.2) is 72.1 Å². The summed E-state index contributed by atoms with van der Waals surface area (Å²) in [5.74, 6) is 0.661. The highest BCUT2D eigenvalue weighted by molar-refractivity contribution is 5.92. The van der Waals surface area contributed by atoms with E-state index in [1.807, 2.05) is 48.8 Å². The largest absolute Gasteiger partial charge is 0.387 e. The van der Waals surface area contributed by atoms with Gasteiger partial charge in [0.05, 0.1) is 22.4 Å². The number of fused-ring (bicyclic) bond motifs is 2. The van der Waals surface area contributed by atoms with Crippen LogP contribution in [0.4, 0.5) is 5.69 Å². The summed E-state index contributed by atoms with van der Waals surface area (Å²) in [7, 11) is 0. The van der Waals surface area contributed by atoms with E-state index in [1.165, 1.54) is 0 Å². The fraction of sp³-hybridized carbons (Fsp3) is 0.0476. The van der Waals surface area contributed by atoms with Crippen LogP contribution in [0.25, 0.3) is 33.4 Å². The van der Waals surface area contributed by atoms with Gasteiger partial charge in [0.2, 0.25) is 0 Å². The van der Waals surface area contributed by atoms with Crippen LogP contribution in [0.5, 0.6) is 0 Å². The third-order valence-corrected chi connectivity index (χ3v) is 4.55. The number of aliphatic imine (C=N–C) groups is 1. The zero-order chi connectivity index (χ0) is 17.5. The van der Waals surface area contributed by atoms with Gasteiger partial charge >= 0.3 is 0 Å². The molecule has 0 unspecified atom stereocenters. The second-order valence-electron chi connectivity index (χ2n) is 6.32. The first kappa shape index (κ1) is 14.7. The van der Waals surface area contributed by atoms with Crippen molar-refractivity contribution < 1.29 is 0 Å². The molecule has 0 radical (unpaired) electrons. The van der Waals surface area contributed by atoms with Crippen molar-refractivity contribution in [3.05, 3.63) is 72.7 Å². The molecular weight excluding hydrogens is 322 g/mol. The van der Waals surface area contributed by atoms with Crippen LogP contribution >= 0.6 is 0 Å². The average molecular weight is 337 g/mol. The minimum atomic E-state index is 0.661. The van der Waals surface area contributed by atoms with Gasteiger partial charge in [-0.25, -0.2) is 9.98 Å². The van der Waals surface area contributed by atoms with Gasteiger partial charge in [-0.3, -0.25) is 9.97 Å². The minimum Gasteiger partial charge on any atom is -0.387 e. The van der Waals surface area contributed by atoms with Gasteiger partial charge in [-0.2, -0.15) is 0 Å². The molecule has 0 saturated heterocycles. The third kappa shape index (κ3) is 2.50. The number of nitrogens with two attached hydrogens (primary N) is 1. The van der Waals surface area contributed by atoms with E-state index in [2.05, 4.69) is 27.1 Å². The van der Waals surface area contributed by atoms with Crippen molar-refractivity contribution in [1.82, 2.24) is 15.0 Å². The number of rotatable bonds is 2. The quantitative estimate of drug-likeness (QED) is 0.602. The lowest BCUT2D eigenvalue weighted by atomic mass is 10.0. The molecule has 0 bridgehead atoms. The van der Waals surface area contributed by atoms with Gasteiger partial charge in [0.15, 0.2) is 0 Å². The van der Waals surface area contributed by atoms with Crippen molar-refractivity contribution in [2.45, 2.75) is 6.42 Å². The molecule has 1 aliphatic heterocycles. The zero-order valence-electron chi connectivity index (χ0n) is 13.9. The van der Waals surface area contributed by atoms with Crippen LogP contribution in [-0.4, -0.2) is 20.8 Å². The predicted octanol–water partition coefficient (Wildman–Crippen LogP) is 3.90. The lowest BCUT2D eigenvalue weighted by Crippen LogP contribution is -2.09. The smallest absolute Gasteiger partial charge is 0.104 e. The van der Waals surface area contributed by atoms with Gasteiger partial charge in [0.1, 0.15) is 5.84 Å². The highest BCUT2D eigenvalue weighted by Crippen LogP contribution is 2.31. The van der Waals surface area contributed by atoms with E-state index in [4.69, 9.17) is 10.7 Å². The predicted molar refractivity (Wildman–Crippen MR) is 103 cm³/mol. The Morgan fingerprint density at radius 3 is 2.69 bits per heavy atom. The maximum atomic E-state index is 5.84. The van der Waals surface area contributed by atoms with E-state index in [-0.39, 0.29) is 0 Å². The van der Waals surface area contributed by atoms with Crippen molar-refractivity contribution in [2.75, 3.05) is 0 Å². The summed E-state index contributed by atoms with van der Waals surface area (Å²) < 4.78 is 0. The zero-order valence-corrected chi connectivity index (χ0v) is 13.9. The summed E-state index contributed by atoms with van der Waals surface area (Å²) >= 11 is 0. The minimum absolute atomic E-state index is 0.661. The molecule has 26 heavy (non-hydrogen) atoms. The number of benzene rings is 1. The van der Waals surface area contributed by atoms with Gasteiger partial charge in [-0.05, 0) is 35.9 Å². The highest BCUT2D eigenvalue weighted by atomic mass is 14.9. The van der Waals surface area contributed by atoms with Crippen molar-refractivity contribution in [3.8, 4) is 22.4 Å². The first-order valence-electron chi connectivity index (χ1n) is 8.40. The molecule has 5 nitrogen and oxygen atoms in total. The molecule has 1 aromatic carbocycles. The number of hydrogen-bond acceptors (Lipinski definition) is 5. The maximum absolute atomic E-state index is 5.84. The molecule has 0 saturated carbocycles. The average Bonchev–Trinajstić information content (AvgIpc) is 3.07. The van der Waals surface area contributed by atoms with Crippen LogP contribution in [0.3, 0.4) is 0 Å². The molecule has 5 rings (SSSR count). The molecule has 3 aromatic heterocycles. The molecule has 0 fully saturated rings. The van der Waals surface area contributed by atoms with Crippen LogP contribution < -0.4 is 5.73 Å². The summed E-state index contributed by atoms with van der Waals surface area (Å²) in [4.78, 5) is 17.9. The van der Waals surface area contributed by atoms with E-state index in [0.29, 0.717) is 5.84 Å². The molecule has 4 aromatic rings. The summed E-state index contributed by atoms with van der Waals surface area (Å²) in [5, 5.41) is 0. The van der Waals surface area contributed by atoms with Gasteiger partial charge in [0, 0.05) is 41.7 Å². The third-order valence-electron chi connectivity index (χ3n) is 4.55. The topological polar surface area (TPSA) is 77.0 Å². The summed E-state index contributed by atoms with van der Waals surface area (Å²) in [6, 6.07) is 16.2. The van der Waals surface area contributed by atoms with E-state index in [1.54, 1.807) is 6.20 Å². The van der Waals surface area contributed by atoms with E-state index < -0.39 is 0 Å². The van der Waals surface area contributed by atoms with Crippen molar-refractivity contribution in [2.24, 2.45) is 10.7 Å². The second-order valence-corrected chi connectivity index (χ2v) is 6.32. The Labute approximate surface area is 150 Å². The van der Waals surface area contributed by atoms with E-state index in [9.17, 15) is 0 Å². The number of amidine groups is 1. The lowest BCUT2D eigenvalue weighted by molar-refractivity contribution is 1.30. The molecule has 0 atom stereocenters. The molecule has 5 heteroatoms. The van der Waals surface area contributed by atoms with Gasteiger partial charge in [-0.15, -0.1) is 0 Å². The Morgan fingerprint density at radius 1 is 0.846 bits per heavy atom. The summed E-state index contributed by atoms with van der Waals surface area (Å²) in [6.45, 7) is 0. The van der Waals surface area contributed by atoms with E-state index in [0.717, 1.165) is 51.1 Å². The Morgan fingerprint density at radius 2 is 1.81 bits per heavy atom. The molecule has 0 aliphatic carbocycles. The van der Waals surface area contributed by atoms with Gasteiger partial charge in [0.25, 0.3) is 0 Å². The SMILES string of the molecule is NC1=Nc2cc(-c3ccc4ncc(-c5cccnc5)cc4n3)ccc2C1. The second kappa shape index (κ2) is 5.74. The molecule has 124 valence electrons. The fourth-order valence-electron chi connectivity index (χ4n) is 3.22. The molecule has 0 amide bonds. The Bertz CT molecular complexity index is 1170. The van der Waals surface area contributed by atoms with Crippen LogP contribution in [0, 0.1) is 0 Å². The Balaban J connectivity index is 1.60.